The minimum Gasteiger partial charge on any atom is -0.308 e. The Morgan fingerprint density at radius 3 is 2.71 bits per heavy atom. The molecule has 17 heavy (non-hydrogen) atoms. The third-order valence-corrected chi connectivity index (χ3v) is 4.81. The first-order valence-electron chi connectivity index (χ1n) is 5.85. The van der Waals surface area contributed by atoms with Crippen LogP contribution in [0.4, 0.5) is 0 Å². The second kappa shape index (κ2) is 4.92. The lowest BCUT2D eigenvalue weighted by Crippen LogP contribution is -2.16. The maximum Gasteiger partial charge on any atom is 0.0701 e. The molecule has 1 aliphatic carbocycles. The van der Waals surface area contributed by atoms with E-state index in [2.05, 4.69) is 63.7 Å². The molecule has 3 rings (SSSR count). The van der Waals surface area contributed by atoms with Crippen molar-refractivity contribution in [2.45, 2.75) is 24.9 Å². The smallest absolute Gasteiger partial charge is 0.0701 e. The van der Waals surface area contributed by atoms with Gasteiger partial charge in [-0.2, -0.15) is 0 Å². The molecule has 1 aromatic carbocycles. The largest absolute Gasteiger partial charge is 0.308 e. The Morgan fingerprint density at radius 1 is 1.18 bits per heavy atom. The molecule has 2 aromatic rings. The van der Waals surface area contributed by atoms with Crippen LogP contribution in [-0.2, 0) is 6.54 Å². The maximum atomic E-state index is 3.62. The molecular weight excluding hydrogens is 294 g/mol. The predicted molar refractivity (Wildman–Crippen MR) is 76.4 cm³/mol. The molecule has 0 spiro atoms. The summed E-state index contributed by atoms with van der Waals surface area (Å²) in [5, 5.41) is 3.62. The van der Waals surface area contributed by atoms with E-state index in [0.717, 1.165) is 12.5 Å². The van der Waals surface area contributed by atoms with E-state index in [-0.39, 0.29) is 0 Å². The second-order valence-electron chi connectivity index (χ2n) is 4.45. The van der Waals surface area contributed by atoms with Gasteiger partial charge in [-0.05, 0) is 40.0 Å². The summed E-state index contributed by atoms with van der Waals surface area (Å²) in [6.07, 6.45) is 1.27. The summed E-state index contributed by atoms with van der Waals surface area (Å²) in [6, 6.07) is 15.8. The summed E-state index contributed by atoms with van der Waals surface area (Å²) in [7, 11) is 0. The van der Waals surface area contributed by atoms with E-state index in [4.69, 9.17) is 0 Å². The highest BCUT2D eigenvalue weighted by Gasteiger charge is 2.37. The van der Waals surface area contributed by atoms with Crippen molar-refractivity contribution in [1.29, 1.82) is 0 Å². The molecule has 1 heterocycles. The lowest BCUT2D eigenvalue weighted by Gasteiger charge is -2.02. The van der Waals surface area contributed by atoms with Gasteiger partial charge in [-0.25, -0.2) is 0 Å². The lowest BCUT2D eigenvalue weighted by molar-refractivity contribution is 0.679. The minimum atomic E-state index is 0.665. The highest BCUT2D eigenvalue weighted by Crippen LogP contribution is 2.40. The van der Waals surface area contributed by atoms with Crippen LogP contribution < -0.4 is 5.32 Å². The zero-order chi connectivity index (χ0) is 11.7. The number of hydrogen-bond donors (Lipinski definition) is 1. The van der Waals surface area contributed by atoms with Crippen molar-refractivity contribution in [2.24, 2.45) is 0 Å². The van der Waals surface area contributed by atoms with Crippen molar-refractivity contribution < 1.29 is 0 Å². The topological polar surface area (TPSA) is 12.0 Å². The molecule has 3 heteroatoms. The first kappa shape index (κ1) is 11.5. The third kappa shape index (κ3) is 2.79. The number of halogens is 1. The minimum absolute atomic E-state index is 0.665. The summed E-state index contributed by atoms with van der Waals surface area (Å²) >= 11 is 5.30. The summed E-state index contributed by atoms with van der Waals surface area (Å²) in [5.41, 5.74) is 1.47. The van der Waals surface area contributed by atoms with Gasteiger partial charge in [-0.15, -0.1) is 11.3 Å². The molecular formula is C14H14BrNS. The zero-order valence-electron chi connectivity index (χ0n) is 9.40. The van der Waals surface area contributed by atoms with Crippen LogP contribution in [0.5, 0.6) is 0 Å². The Labute approximate surface area is 114 Å². The zero-order valence-corrected chi connectivity index (χ0v) is 11.8. The summed E-state index contributed by atoms with van der Waals surface area (Å²) in [6.45, 7) is 0.990. The van der Waals surface area contributed by atoms with Gasteiger partial charge in [0.1, 0.15) is 0 Å². The summed E-state index contributed by atoms with van der Waals surface area (Å²) < 4.78 is 1.21. The van der Waals surface area contributed by atoms with E-state index in [0.29, 0.717) is 6.04 Å². The van der Waals surface area contributed by atoms with Crippen LogP contribution >= 0.6 is 27.3 Å². The average molecular weight is 308 g/mol. The molecule has 0 bridgehead atoms. The van der Waals surface area contributed by atoms with Crippen LogP contribution in [0.3, 0.4) is 0 Å². The SMILES string of the molecule is Brc1ccc(CNC2CC2c2ccccc2)s1. The van der Waals surface area contributed by atoms with Crippen molar-refractivity contribution in [3.05, 3.63) is 56.7 Å². The molecule has 88 valence electrons. The van der Waals surface area contributed by atoms with Crippen LogP contribution in [0, 0.1) is 0 Å². The van der Waals surface area contributed by atoms with Gasteiger partial charge in [0.2, 0.25) is 0 Å². The van der Waals surface area contributed by atoms with Crippen LogP contribution in [0.1, 0.15) is 22.8 Å². The van der Waals surface area contributed by atoms with E-state index in [1.165, 1.54) is 20.6 Å². The number of rotatable bonds is 4. The fraction of sp³-hybridized carbons (Fsp3) is 0.286. The van der Waals surface area contributed by atoms with Crippen molar-refractivity contribution >= 4 is 27.3 Å². The van der Waals surface area contributed by atoms with E-state index < -0.39 is 0 Å². The molecule has 1 N–H and O–H groups in total. The average Bonchev–Trinajstić information content (AvgIpc) is 3.03. The lowest BCUT2D eigenvalue weighted by atomic mass is 10.1. The molecule has 0 radical (unpaired) electrons. The van der Waals surface area contributed by atoms with E-state index in [9.17, 15) is 0 Å². The molecule has 0 amide bonds. The van der Waals surface area contributed by atoms with Gasteiger partial charge in [-0.1, -0.05) is 30.3 Å². The summed E-state index contributed by atoms with van der Waals surface area (Å²) in [5.74, 6) is 0.722. The first-order chi connectivity index (χ1) is 8.33. The van der Waals surface area contributed by atoms with Gasteiger partial charge in [0.25, 0.3) is 0 Å². The number of hydrogen-bond acceptors (Lipinski definition) is 2. The normalized spacial score (nSPS) is 22.6. The number of benzene rings is 1. The standard InChI is InChI=1S/C14H14BrNS/c15-14-7-6-11(17-14)9-16-13-8-12(13)10-4-2-1-3-5-10/h1-7,12-13,16H,8-9H2. The van der Waals surface area contributed by atoms with Gasteiger partial charge in [0.05, 0.1) is 3.79 Å². The molecule has 1 aliphatic rings. The van der Waals surface area contributed by atoms with Gasteiger partial charge in [0.15, 0.2) is 0 Å². The van der Waals surface area contributed by atoms with Crippen molar-refractivity contribution in [1.82, 2.24) is 5.32 Å². The van der Waals surface area contributed by atoms with Crippen molar-refractivity contribution in [3.63, 3.8) is 0 Å². The quantitative estimate of drug-likeness (QED) is 0.894. The Hall–Kier alpha value is -0.640. The van der Waals surface area contributed by atoms with Crippen LogP contribution in [-0.4, -0.2) is 6.04 Å². The molecule has 1 nitrogen and oxygen atoms in total. The van der Waals surface area contributed by atoms with Crippen LogP contribution in [0.15, 0.2) is 46.3 Å². The monoisotopic (exact) mass is 307 g/mol. The van der Waals surface area contributed by atoms with Crippen LogP contribution in [0.2, 0.25) is 0 Å². The molecule has 1 aromatic heterocycles. The number of thiophene rings is 1. The Bertz CT molecular complexity index is 494. The van der Waals surface area contributed by atoms with Gasteiger partial charge in [-0.3, -0.25) is 0 Å². The van der Waals surface area contributed by atoms with E-state index in [1.807, 2.05) is 11.3 Å². The molecule has 0 saturated heterocycles. The summed E-state index contributed by atoms with van der Waals surface area (Å²) in [4.78, 5) is 1.40. The molecule has 1 saturated carbocycles. The van der Waals surface area contributed by atoms with Crippen molar-refractivity contribution in [2.75, 3.05) is 0 Å². The van der Waals surface area contributed by atoms with E-state index >= 15 is 0 Å². The van der Waals surface area contributed by atoms with Gasteiger partial charge < -0.3 is 5.32 Å². The molecule has 2 unspecified atom stereocenters. The maximum absolute atomic E-state index is 3.62. The third-order valence-electron chi connectivity index (χ3n) is 3.19. The van der Waals surface area contributed by atoms with Gasteiger partial charge in [0, 0.05) is 23.4 Å². The second-order valence-corrected chi connectivity index (χ2v) is 6.99. The highest BCUT2D eigenvalue weighted by molar-refractivity contribution is 9.11. The first-order valence-corrected chi connectivity index (χ1v) is 7.46. The molecule has 2 atom stereocenters. The van der Waals surface area contributed by atoms with E-state index in [1.54, 1.807) is 0 Å². The fourth-order valence-corrected chi connectivity index (χ4v) is 3.60. The number of nitrogens with one attached hydrogen (secondary N) is 1. The van der Waals surface area contributed by atoms with Crippen LogP contribution in [0.25, 0.3) is 0 Å². The fourth-order valence-electron chi connectivity index (χ4n) is 2.17. The van der Waals surface area contributed by atoms with Crippen molar-refractivity contribution in [3.8, 4) is 0 Å². The molecule has 1 fully saturated rings. The highest BCUT2D eigenvalue weighted by atomic mass is 79.9. The predicted octanol–water partition coefficient (Wildman–Crippen LogP) is 4.16. The Kier molecular flexibility index (Phi) is 3.32. The Balaban J connectivity index is 1.53. The van der Waals surface area contributed by atoms with Gasteiger partial charge >= 0.3 is 0 Å². The Morgan fingerprint density at radius 2 is 2.00 bits per heavy atom. The molecule has 0 aliphatic heterocycles.